The van der Waals surface area contributed by atoms with Gasteiger partial charge in [-0.3, -0.25) is 10.1 Å². The van der Waals surface area contributed by atoms with Crippen LogP contribution in [0.3, 0.4) is 0 Å². The number of rotatable bonds is 5. The van der Waals surface area contributed by atoms with Gasteiger partial charge in [-0.25, -0.2) is 14.2 Å². The second kappa shape index (κ2) is 10.5. The van der Waals surface area contributed by atoms with Gasteiger partial charge in [0.15, 0.2) is 7.36 Å². The van der Waals surface area contributed by atoms with E-state index in [-0.39, 0.29) is 5.69 Å². The van der Waals surface area contributed by atoms with Crippen molar-refractivity contribution in [2.24, 2.45) is 4.74 Å². The van der Waals surface area contributed by atoms with Crippen LogP contribution in [0.25, 0.3) is 11.8 Å². The van der Waals surface area contributed by atoms with Crippen molar-refractivity contribution in [2.45, 2.75) is 0 Å². The van der Waals surface area contributed by atoms with Crippen LogP contribution in [-0.2, 0) is 9.47 Å². The Morgan fingerprint density at radius 2 is 1.92 bits per heavy atom. The predicted molar refractivity (Wildman–Crippen MR) is 150 cm³/mol. The molecule has 192 valence electrons. The summed E-state index contributed by atoms with van der Waals surface area (Å²) >= 11 is 4.91. The van der Waals surface area contributed by atoms with Crippen molar-refractivity contribution in [1.29, 1.82) is 0 Å². The molecule has 2 aliphatic rings. The summed E-state index contributed by atoms with van der Waals surface area (Å²) in [5.41, 5.74) is 2.59. The lowest BCUT2D eigenvalue weighted by atomic mass is 10.1. The molecule has 0 aliphatic carbocycles. The molecule has 0 spiro atoms. The van der Waals surface area contributed by atoms with Crippen molar-refractivity contribution in [3.8, 4) is 0 Å². The number of hydrogen-bond donors (Lipinski definition) is 0. The van der Waals surface area contributed by atoms with Crippen LogP contribution in [0.2, 0.25) is 0 Å². The molecular formula is C25H24BrN4O5PS. The van der Waals surface area contributed by atoms with E-state index in [0.29, 0.717) is 41.3 Å². The standard InChI is InChI=1S/C25H24BrN4O5PS/c1-28-21(17-6-4-3-5-7-17)15-23-22(16-24(37-23)25(31)34-2)36(28,29-10-12-35-13-11-29)27-20-9-8-18(30(32)33)14-19(20)26/h3-9,14-16H,10-13H2,1-2H3. The molecule has 9 nitrogen and oxygen atoms in total. The summed E-state index contributed by atoms with van der Waals surface area (Å²) < 4.78 is 21.3. The van der Waals surface area contributed by atoms with Gasteiger partial charge in [0.2, 0.25) is 0 Å². The molecule has 1 aromatic heterocycles. The van der Waals surface area contributed by atoms with Crippen molar-refractivity contribution in [2.75, 3.05) is 40.5 Å². The molecule has 1 unspecified atom stereocenters. The van der Waals surface area contributed by atoms with Gasteiger partial charge in [-0.05, 0) is 39.7 Å². The van der Waals surface area contributed by atoms with Gasteiger partial charge in [-0.2, -0.15) is 0 Å². The number of esters is 1. The number of morpholine rings is 1. The molecule has 2 aromatic carbocycles. The molecule has 0 radical (unpaired) electrons. The summed E-state index contributed by atoms with van der Waals surface area (Å²) in [7, 11) is 0.668. The van der Waals surface area contributed by atoms with E-state index in [2.05, 4.69) is 43.5 Å². The number of carbonyl (C=O) groups is 1. The number of hydrogen-bond acceptors (Lipinski definition) is 7. The predicted octanol–water partition coefficient (Wildman–Crippen LogP) is 5.97. The number of non-ortho nitro benzene ring substituents is 1. The maximum atomic E-state index is 12.6. The maximum absolute atomic E-state index is 12.6. The van der Waals surface area contributed by atoms with Crippen molar-refractivity contribution in [3.63, 3.8) is 0 Å². The van der Waals surface area contributed by atoms with Crippen LogP contribution in [0, 0.1) is 10.1 Å². The number of thiophene rings is 1. The van der Waals surface area contributed by atoms with Crippen molar-refractivity contribution in [1.82, 2.24) is 9.34 Å². The van der Waals surface area contributed by atoms with Crippen LogP contribution >= 0.6 is 34.6 Å². The summed E-state index contributed by atoms with van der Waals surface area (Å²) in [4.78, 5) is 25.0. The number of methoxy groups -OCH3 is 1. The zero-order chi connectivity index (χ0) is 26.2. The fourth-order valence-corrected chi connectivity index (χ4v) is 10.3. The highest BCUT2D eigenvalue weighted by atomic mass is 79.9. The Morgan fingerprint density at radius 3 is 2.57 bits per heavy atom. The van der Waals surface area contributed by atoms with Gasteiger partial charge in [0.05, 0.1) is 41.1 Å². The van der Waals surface area contributed by atoms with Gasteiger partial charge in [-0.15, -0.1) is 11.3 Å². The van der Waals surface area contributed by atoms with Gasteiger partial charge in [0.25, 0.3) is 5.69 Å². The first-order chi connectivity index (χ1) is 17.8. The molecule has 1 saturated heterocycles. The van der Waals surface area contributed by atoms with E-state index in [0.717, 1.165) is 21.4 Å². The minimum atomic E-state index is -2.74. The van der Waals surface area contributed by atoms with Gasteiger partial charge in [0, 0.05) is 42.5 Å². The fraction of sp³-hybridized carbons (Fsp3) is 0.240. The van der Waals surface area contributed by atoms with Gasteiger partial charge < -0.3 is 14.1 Å². The molecule has 0 N–H and O–H groups in total. The first-order valence-corrected chi connectivity index (χ1v) is 14.7. The Kier molecular flexibility index (Phi) is 7.33. The molecule has 0 bridgehead atoms. The highest BCUT2D eigenvalue weighted by molar-refractivity contribution is 9.10. The van der Waals surface area contributed by atoms with Crippen molar-refractivity contribution in [3.05, 3.63) is 84.5 Å². The summed E-state index contributed by atoms with van der Waals surface area (Å²) in [6.45, 7) is 2.41. The third-order valence-corrected chi connectivity index (χ3v) is 11.9. The Labute approximate surface area is 226 Å². The van der Waals surface area contributed by atoms with E-state index in [1.54, 1.807) is 6.07 Å². The topological polar surface area (TPSA) is 97.5 Å². The first-order valence-electron chi connectivity index (χ1n) is 11.5. The number of halogens is 1. The lowest BCUT2D eigenvalue weighted by Crippen LogP contribution is -2.42. The van der Waals surface area contributed by atoms with E-state index in [1.165, 1.54) is 30.6 Å². The van der Waals surface area contributed by atoms with E-state index >= 15 is 0 Å². The summed E-state index contributed by atoms with van der Waals surface area (Å²) in [6, 6.07) is 16.6. The van der Waals surface area contributed by atoms with E-state index in [1.807, 2.05) is 31.3 Å². The molecule has 5 rings (SSSR count). The SMILES string of the molecule is COC(=O)c1cc2c(s1)C=C(c1ccccc1)N(C)P2(=Nc1ccc([N+](=O)[O-])cc1Br)N1CCOCC1. The molecular weight excluding hydrogens is 579 g/mol. The molecule has 37 heavy (non-hydrogen) atoms. The lowest BCUT2D eigenvalue weighted by molar-refractivity contribution is -0.384. The number of nitro groups is 1. The number of benzene rings is 2. The van der Waals surface area contributed by atoms with Gasteiger partial charge in [-0.1, -0.05) is 30.3 Å². The fourth-order valence-electron chi connectivity index (χ4n) is 4.54. The number of nitrogens with zero attached hydrogens (tertiary/aromatic N) is 4. The average molecular weight is 603 g/mol. The zero-order valence-electron chi connectivity index (χ0n) is 20.2. The zero-order valence-corrected chi connectivity index (χ0v) is 23.5. The van der Waals surface area contributed by atoms with Gasteiger partial charge in [0.1, 0.15) is 4.88 Å². The van der Waals surface area contributed by atoms with Crippen LogP contribution in [-0.4, -0.2) is 60.7 Å². The Hall–Kier alpha value is -2.82. The van der Waals surface area contributed by atoms with E-state index in [9.17, 15) is 14.9 Å². The number of fused-ring (bicyclic) bond motifs is 1. The minimum Gasteiger partial charge on any atom is -0.465 e. The number of carbonyl (C=O) groups excluding carboxylic acids is 1. The van der Waals surface area contributed by atoms with Crippen LogP contribution in [0.4, 0.5) is 11.4 Å². The van der Waals surface area contributed by atoms with Crippen LogP contribution in [0.15, 0.2) is 63.8 Å². The second-order valence-corrected chi connectivity index (χ2v) is 13.3. The number of ether oxygens (including phenoxy) is 2. The monoisotopic (exact) mass is 602 g/mol. The van der Waals surface area contributed by atoms with E-state index < -0.39 is 18.2 Å². The maximum Gasteiger partial charge on any atom is 0.348 e. The molecule has 1 fully saturated rings. The quantitative estimate of drug-likeness (QED) is 0.154. The van der Waals surface area contributed by atoms with Crippen LogP contribution < -0.4 is 5.30 Å². The highest BCUT2D eigenvalue weighted by Gasteiger charge is 2.42. The Bertz CT molecular complexity index is 1450. The third kappa shape index (κ3) is 4.66. The minimum absolute atomic E-state index is 0.0179. The molecule has 12 heteroatoms. The van der Waals surface area contributed by atoms with Gasteiger partial charge >= 0.3 is 5.97 Å². The molecule has 3 aromatic rings. The molecule has 3 heterocycles. The first kappa shape index (κ1) is 25.8. The normalized spacial score (nSPS) is 19.6. The summed E-state index contributed by atoms with van der Waals surface area (Å²) in [6.07, 6.45) is 2.10. The summed E-state index contributed by atoms with van der Waals surface area (Å²) in [5.74, 6) is -0.395. The van der Waals surface area contributed by atoms with Crippen LogP contribution in [0.5, 0.6) is 0 Å². The molecule has 0 amide bonds. The average Bonchev–Trinajstić information content (AvgIpc) is 3.36. The molecule has 2 aliphatic heterocycles. The smallest absolute Gasteiger partial charge is 0.348 e. The van der Waals surface area contributed by atoms with Crippen LogP contribution in [0.1, 0.15) is 20.1 Å². The second-order valence-electron chi connectivity index (χ2n) is 8.40. The van der Waals surface area contributed by atoms with Crippen molar-refractivity contribution < 1.29 is 19.2 Å². The third-order valence-electron chi connectivity index (χ3n) is 6.33. The lowest BCUT2D eigenvalue weighted by Gasteiger charge is -2.47. The Morgan fingerprint density at radius 1 is 1.19 bits per heavy atom. The number of nitro benzene ring substituents is 1. The molecule has 0 saturated carbocycles. The molecule has 1 atom stereocenters. The van der Waals surface area contributed by atoms with Crippen molar-refractivity contribution >= 4 is 69.0 Å². The Balaban J connectivity index is 1.82. The highest BCUT2D eigenvalue weighted by Crippen LogP contribution is 2.63. The summed E-state index contributed by atoms with van der Waals surface area (Å²) in [5, 5.41) is 12.3. The van der Waals surface area contributed by atoms with E-state index in [4.69, 9.17) is 14.2 Å². The largest absolute Gasteiger partial charge is 0.465 e.